The van der Waals surface area contributed by atoms with E-state index in [9.17, 15) is 10.2 Å². The Hall–Kier alpha value is -1.10. The Kier molecular flexibility index (Phi) is 16.8. The fraction of sp³-hybridized carbons (Fsp3) is 0.824. The Balaban J connectivity index is 2.86. The van der Waals surface area contributed by atoms with Gasteiger partial charge in [-0.3, -0.25) is 4.90 Å². The van der Waals surface area contributed by atoms with Gasteiger partial charge in [-0.1, -0.05) is 132 Å². The summed E-state index contributed by atoms with van der Waals surface area (Å²) in [5.41, 5.74) is 2.93. The normalized spacial score (nSPS) is 13.4. The van der Waals surface area contributed by atoms with E-state index < -0.39 is 6.10 Å². The molecule has 0 radical (unpaired) electrons. The molecule has 1 atom stereocenters. The third kappa shape index (κ3) is 14.3. The summed E-state index contributed by atoms with van der Waals surface area (Å²) < 4.78 is 5.86. The molecule has 4 heteroatoms. The lowest BCUT2D eigenvalue weighted by molar-refractivity contribution is 0.0137. The number of benzene rings is 1. The van der Waals surface area contributed by atoms with Gasteiger partial charge in [0.05, 0.1) is 12.7 Å². The van der Waals surface area contributed by atoms with Gasteiger partial charge < -0.3 is 14.9 Å². The standard InChI is InChI=1S/C34H63NO3/c1-9-11-13-15-17-19-21-35(26-29(36)27-38-22-20-18-16-14-12-10-2)25-28-23-30(33(3,4)5)32(37)31(24-28)34(6,7)8/h23-24,29,36-37H,9-22,25-27H2,1-8H3. The van der Waals surface area contributed by atoms with Crippen molar-refractivity contribution in [2.45, 2.75) is 156 Å². The number of hydrogen-bond donors (Lipinski definition) is 2. The molecule has 2 N–H and O–H groups in total. The second kappa shape index (κ2) is 18.3. The maximum absolute atomic E-state index is 11.1. The Morgan fingerprint density at radius 2 is 1.21 bits per heavy atom. The summed E-state index contributed by atoms with van der Waals surface area (Å²) >= 11 is 0. The van der Waals surface area contributed by atoms with Gasteiger partial charge in [-0.05, 0) is 46.9 Å². The minimum Gasteiger partial charge on any atom is -0.507 e. The highest BCUT2D eigenvalue weighted by Gasteiger charge is 2.27. The molecule has 222 valence electrons. The van der Waals surface area contributed by atoms with E-state index in [0.717, 1.165) is 43.7 Å². The van der Waals surface area contributed by atoms with E-state index in [0.29, 0.717) is 18.9 Å². The topological polar surface area (TPSA) is 52.9 Å². The fourth-order valence-electron chi connectivity index (χ4n) is 5.09. The van der Waals surface area contributed by atoms with Gasteiger partial charge >= 0.3 is 0 Å². The van der Waals surface area contributed by atoms with Crippen molar-refractivity contribution in [1.29, 1.82) is 0 Å². The van der Waals surface area contributed by atoms with Gasteiger partial charge in [0.2, 0.25) is 0 Å². The first kappa shape index (κ1) is 34.9. The fourth-order valence-corrected chi connectivity index (χ4v) is 5.09. The van der Waals surface area contributed by atoms with Gasteiger partial charge in [-0.25, -0.2) is 0 Å². The second-order valence-electron chi connectivity index (χ2n) is 13.5. The molecule has 0 bridgehead atoms. The molecular weight excluding hydrogens is 470 g/mol. The molecule has 38 heavy (non-hydrogen) atoms. The van der Waals surface area contributed by atoms with Gasteiger partial charge in [-0.2, -0.15) is 0 Å². The maximum Gasteiger partial charge on any atom is 0.123 e. The van der Waals surface area contributed by atoms with Crippen LogP contribution in [0.15, 0.2) is 12.1 Å². The first-order chi connectivity index (χ1) is 17.9. The highest BCUT2D eigenvalue weighted by atomic mass is 16.5. The zero-order valence-electron chi connectivity index (χ0n) is 26.5. The van der Waals surface area contributed by atoms with Crippen LogP contribution in [0.3, 0.4) is 0 Å². The first-order valence-corrected chi connectivity index (χ1v) is 15.7. The van der Waals surface area contributed by atoms with Crippen molar-refractivity contribution >= 4 is 0 Å². The molecule has 0 aliphatic rings. The minimum absolute atomic E-state index is 0.145. The van der Waals surface area contributed by atoms with Crippen molar-refractivity contribution < 1.29 is 14.9 Å². The minimum atomic E-state index is -0.489. The number of phenols is 1. The average molecular weight is 534 g/mol. The lowest BCUT2D eigenvalue weighted by Crippen LogP contribution is -2.35. The molecule has 0 heterocycles. The molecule has 0 aromatic heterocycles. The number of aliphatic hydroxyl groups excluding tert-OH is 1. The summed E-state index contributed by atoms with van der Waals surface area (Å²) in [5.74, 6) is 0.430. The number of phenolic OH excluding ortho intramolecular Hbond substituents is 1. The molecule has 1 aromatic rings. The highest BCUT2D eigenvalue weighted by molar-refractivity contribution is 5.49. The Morgan fingerprint density at radius 3 is 1.71 bits per heavy atom. The van der Waals surface area contributed by atoms with Crippen LogP contribution in [0.1, 0.15) is 149 Å². The summed E-state index contributed by atoms with van der Waals surface area (Å²) in [6.45, 7) is 21.0. The molecule has 4 nitrogen and oxygen atoms in total. The molecule has 1 aromatic carbocycles. The predicted molar refractivity (Wildman–Crippen MR) is 164 cm³/mol. The quantitative estimate of drug-likeness (QED) is 0.164. The Morgan fingerprint density at radius 1 is 0.737 bits per heavy atom. The molecule has 0 fully saturated rings. The van der Waals surface area contributed by atoms with Crippen LogP contribution in [0.5, 0.6) is 5.75 Å². The molecule has 0 saturated heterocycles. The average Bonchev–Trinajstić information content (AvgIpc) is 2.82. The van der Waals surface area contributed by atoms with Crippen LogP contribution in [0, 0.1) is 0 Å². The summed E-state index contributed by atoms with van der Waals surface area (Å²) in [6.07, 6.45) is 14.6. The lowest BCUT2D eigenvalue weighted by atomic mass is 9.78. The van der Waals surface area contributed by atoms with Crippen molar-refractivity contribution in [3.8, 4) is 5.75 Å². The van der Waals surface area contributed by atoms with Crippen LogP contribution in [0.4, 0.5) is 0 Å². The lowest BCUT2D eigenvalue weighted by Gasteiger charge is -2.30. The van der Waals surface area contributed by atoms with Gasteiger partial charge in [0.25, 0.3) is 0 Å². The van der Waals surface area contributed by atoms with E-state index in [1.807, 2.05) is 0 Å². The highest BCUT2D eigenvalue weighted by Crippen LogP contribution is 2.40. The first-order valence-electron chi connectivity index (χ1n) is 15.7. The van der Waals surface area contributed by atoms with Gasteiger partial charge in [-0.15, -0.1) is 0 Å². The van der Waals surface area contributed by atoms with Gasteiger partial charge in [0, 0.05) is 19.7 Å². The largest absolute Gasteiger partial charge is 0.507 e. The molecule has 0 saturated carbocycles. The molecule has 1 rings (SSSR count). The Labute approximate surface area is 236 Å². The van der Waals surface area contributed by atoms with Crippen LogP contribution in [0.2, 0.25) is 0 Å². The van der Waals surface area contributed by atoms with E-state index in [1.165, 1.54) is 69.8 Å². The summed E-state index contributed by atoms with van der Waals surface area (Å²) in [6, 6.07) is 4.36. The van der Waals surface area contributed by atoms with E-state index in [1.54, 1.807) is 0 Å². The monoisotopic (exact) mass is 533 g/mol. The number of aromatic hydroxyl groups is 1. The van der Waals surface area contributed by atoms with Crippen molar-refractivity contribution in [3.63, 3.8) is 0 Å². The molecule has 0 aliphatic heterocycles. The number of nitrogens with zero attached hydrogens (tertiary/aromatic N) is 1. The molecule has 0 aliphatic carbocycles. The summed E-state index contributed by atoms with van der Waals surface area (Å²) in [7, 11) is 0. The summed E-state index contributed by atoms with van der Waals surface area (Å²) in [4.78, 5) is 2.39. The van der Waals surface area contributed by atoms with E-state index in [4.69, 9.17) is 4.74 Å². The molecule has 1 unspecified atom stereocenters. The van der Waals surface area contributed by atoms with Crippen LogP contribution in [-0.2, 0) is 22.1 Å². The van der Waals surface area contributed by atoms with Gasteiger partial charge in [0.15, 0.2) is 0 Å². The van der Waals surface area contributed by atoms with Crippen molar-refractivity contribution in [3.05, 3.63) is 28.8 Å². The number of hydrogen-bond acceptors (Lipinski definition) is 4. The zero-order valence-corrected chi connectivity index (χ0v) is 26.5. The van der Waals surface area contributed by atoms with E-state index in [2.05, 4.69) is 72.4 Å². The third-order valence-corrected chi connectivity index (χ3v) is 7.44. The second-order valence-corrected chi connectivity index (χ2v) is 13.5. The maximum atomic E-state index is 11.1. The van der Waals surface area contributed by atoms with Crippen LogP contribution in [-0.4, -0.2) is 47.5 Å². The van der Waals surface area contributed by atoms with Crippen molar-refractivity contribution in [1.82, 2.24) is 4.90 Å². The molecular formula is C34H63NO3. The Bertz CT molecular complexity index is 712. The number of unbranched alkanes of at least 4 members (excludes halogenated alkanes) is 10. The summed E-state index contributed by atoms with van der Waals surface area (Å²) in [5, 5.41) is 22.0. The van der Waals surface area contributed by atoms with E-state index >= 15 is 0 Å². The number of rotatable bonds is 20. The van der Waals surface area contributed by atoms with Crippen LogP contribution in [0.25, 0.3) is 0 Å². The predicted octanol–water partition coefficient (Wildman–Crippen LogP) is 8.89. The SMILES string of the molecule is CCCCCCCCOCC(O)CN(CCCCCCCC)Cc1cc(C(C)(C)C)c(O)c(C(C)(C)C)c1. The van der Waals surface area contributed by atoms with Crippen LogP contribution >= 0.6 is 0 Å². The number of ether oxygens (including phenoxy) is 1. The molecule has 0 spiro atoms. The van der Waals surface area contributed by atoms with Crippen LogP contribution < -0.4 is 0 Å². The number of aliphatic hydroxyl groups is 1. The van der Waals surface area contributed by atoms with Crippen molar-refractivity contribution in [2.75, 3.05) is 26.3 Å². The van der Waals surface area contributed by atoms with Gasteiger partial charge in [0.1, 0.15) is 5.75 Å². The van der Waals surface area contributed by atoms with Crippen molar-refractivity contribution in [2.24, 2.45) is 0 Å². The van der Waals surface area contributed by atoms with E-state index in [-0.39, 0.29) is 10.8 Å². The molecule has 0 amide bonds. The third-order valence-electron chi connectivity index (χ3n) is 7.44. The smallest absolute Gasteiger partial charge is 0.123 e. The zero-order chi connectivity index (χ0) is 28.6.